The van der Waals surface area contributed by atoms with Crippen LogP contribution in [0.1, 0.15) is 48.4 Å². The minimum atomic E-state index is -0.376. The number of nitrogen functional groups attached to an aromatic ring is 1. The van der Waals surface area contributed by atoms with E-state index in [0.717, 1.165) is 16.8 Å². The fourth-order valence-electron chi connectivity index (χ4n) is 2.08. The Morgan fingerprint density at radius 3 is 2.88 bits per heavy atom. The van der Waals surface area contributed by atoms with Crippen molar-refractivity contribution < 1.29 is 9.21 Å². The summed E-state index contributed by atoms with van der Waals surface area (Å²) in [6, 6.07) is 3.51. The maximum atomic E-state index is 11.2. The van der Waals surface area contributed by atoms with Gasteiger partial charge >= 0.3 is 5.91 Å². The summed E-state index contributed by atoms with van der Waals surface area (Å²) in [4.78, 5) is 11.2. The van der Waals surface area contributed by atoms with Gasteiger partial charge in [-0.25, -0.2) is 5.84 Å². The molecule has 0 aliphatic heterocycles. The molecule has 5 heteroatoms. The number of thioether (sulfide) groups is 1. The van der Waals surface area contributed by atoms with Crippen molar-refractivity contribution >= 4 is 17.7 Å². The Morgan fingerprint density at radius 1 is 1.41 bits per heavy atom. The summed E-state index contributed by atoms with van der Waals surface area (Å²) < 4.78 is 5.41. The Hall–Kier alpha value is -0.940. The van der Waals surface area contributed by atoms with Gasteiger partial charge in [0, 0.05) is 5.25 Å². The van der Waals surface area contributed by atoms with Gasteiger partial charge in [-0.2, -0.15) is 11.8 Å². The first kappa shape index (κ1) is 12.5. The van der Waals surface area contributed by atoms with E-state index in [1.165, 1.54) is 32.1 Å². The normalized spacial score (nSPS) is 17.0. The molecule has 4 nitrogen and oxygen atoms in total. The lowest BCUT2D eigenvalue weighted by Gasteiger charge is -2.20. The molecule has 1 fully saturated rings. The molecule has 1 amide bonds. The van der Waals surface area contributed by atoms with Crippen molar-refractivity contribution in [2.45, 2.75) is 43.1 Å². The highest BCUT2D eigenvalue weighted by molar-refractivity contribution is 7.99. The molecular weight excluding hydrogens is 236 g/mol. The molecule has 1 aromatic rings. The highest BCUT2D eigenvalue weighted by Crippen LogP contribution is 2.30. The highest BCUT2D eigenvalue weighted by atomic mass is 32.2. The minimum Gasteiger partial charge on any atom is -0.455 e. The van der Waals surface area contributed by atoms with Crippen LogP contribution >= 0.6 is 11.8 Å². The van der Waals surface area contributed by atoms with Crippen LogP contribution in [0.15, 0.2) is 16.5 Å². The maximum absolute atomic E-state index is 11.2. The van der Waals surface area contributed by atoms with Crippen LogP contribution in [0.25, 0.3) is 0 Å². The smallest absolute Gasteiger partial charge is 0.300 e. The third kappa shape index (κ3) is 3.51. The largest absolute Gasteiger partial charge is 0.455 e. The maximum Gasteiger partial charge on any atom is 0.300 e. The monoisotopic (exact) mass is 254 g/mol. The van der Waals surface area contributed by atoms with Crippen LogP contribution < -0.4 is 11.3 Å². The fraction of sp³-hybridized carbons (Fsp3) is 0.583. The van der Waals surface area contributed by atoms with Gasteiger partial charge in [-0.3, -0.25) is 10.2 Å². The van der Waals surface area contributed by atoms with E-state index in [1.54, 1.807) is 6.07 Å². The molecule has 1 aromatic heterocycles. The van der Waals surface area contributed by atoms with Crippen molar-refractivity contribution in [1.29, 1.82) is 0 Å². The van der Waals surface area contributed by atoms with Gasteiger partial charge in [0.1, 0.15) is 5.76 Å². The van der Waals surface area contributed by atoms with E-state index in [1.807, 2.05) is 17.8 Å². The van der Waals surface area contributed by atoms with Crippen LogP contribution in [0.3, 0.4) is 0 Å². The average Bonchev–Trinajstić information content (AvgIpc) is 2.85. The zero-order chi connectivity index (χ0) is 12.1. The number of hydrogen-bond donors (Lipinski definition) is 2. The molecule has 0 aromatic carbocycles. The van der Waals surface area contributed by atoms with E-state index < -0.39 is 0 Å². The van der Waals surface area contributed by atoms with Crippen molar-refractivity contribution in [3.8, 4) is 0 Å². The summed E-state index contributed by atoms with van der Waals surface area (Å²) in [5.41, 5.74) is 2.06. The van der Waals surface area contributed by atoms with E-state index in [2.05, 4.69) is 5.43 Å². The molecule has 17 heavy (non-hydrogen) atoms. The molecule has 0 atom stereocenters. The van der Waals surface area contributed by atoms with Crippen molar-refractivity contribution in [2.75, 3.05) is 0 Å². The van der Waals surface area contributed by atoms with Crippen LogP contribution in [0.2, 0.25) is 0 Å². The molecule has 0 bridgehead atoms. The Bertz CT molecular complexity index is 372. The molecule has 1 saturated carbocycles. The summed E-state index contributed by atoms with van der Waals surface area (Å²) in [5.74, 6) is 6.63. The Morgan fingerprint density at radius 2 is 2.18 bits per heavy atom. The second-order valence-electron chi connectivity index (χ2n) is 4.31. The van der Waals surface area contributed by atoms with E-state index >= 15 is 0 Å². The molecule has 1 heterocycles. The minimum absolute atomic E-state index is 0.284. The molecular formula is C12H18N2O2S. The summed E-state index contributed by atoms with van der Waals surface area (Å²) in [6.07, 6.45) is 6.68. The summed E-state index contributed by atoms with van der Waals surface area (Å²) in [6.45, 7) is 0. The number of carbonyl (C=O) groups is 1. The number of hydrazine groups is 1. The quantitative estimate of drug-likeness (QED) is 0.492. The number of hydrogen-bond acceptors (Lipinski definition) is 4. The molecule has 0 unspecified atom stereocenters. The number of furan rings is 1. The molecule has 2 rings (SSSR count). The SMILES string of the molecule is NNC(=O)c1ccc(CSC2CCCCC2)o1. The zero-order valence-electron chi connectivity index (χ0n) is 9.78. The van der Waals surface area contributed by atoms with Crippen molar-refractivity contribution in [3.05, 3.63) is 23.7 Å². The van der Waals surface area contributed by atoms with Gasteiger partial charge in [-0.05, 0) is 25.0 Å². The Labute approximate surface area is 105 Å². The van der Waals surface area contributed by atoms with Crippen molar-refractivity contribution in [1.82, 2.24) is 5.43 Å². The van der Waals surface area contributed by atoms with Crippen LogP contribution in [-0.2, 0) is 5.75 Å². The summed E-state index contributed by atoms with van der Waals surface area (Å²) in [5, 5.41) is 0.751. The van der Waals surface area contributed by atoms with Gasteiger partial charge in [0.25, 0.3) is 0 Å². The van der Waals surface area contributed by atoms with Gasteiger partial charge in [-0.1, -0.05) is 19.3 Å². The first-order valence-electron chi connectivity index (χ1n) is 6.01. The number of carbonyl (C=O) groups excluding carboxylic acids is 1. The lowest BCUT2D eigenvalue weighted by Crippen LogP contribution is -2.29. The Balaban J connectivity index is 1.82. The van der Waals surface area contributed by atoms with E-state index in [4.69, 9.17) is 10.3 Å². The highest BCUT2D eigenvalue weighted by Gasteiger charge is 2.15. The molecule has 3 N–H and O–H groups in total. The van der Waals surface area contributed by atoms with E-state index in [9.17, 15) is 4.79 Å². The number of amides is 1. The topological polar surface area (TPSA) is 68.3 Å². The molecule has 0 radical (unpaired) electrons. The lowest BCUT2D eigenvalue weighted by molar-refractivity contribution is 0.0924. The fourth-order valence-corrected chi connectivity index (χ4v) is 3.30. The van der Waals surface area contributed by atoms with Gasteiger partial charge in [0.05, 0.1) is 5.75 Å². The van der Waals surface area contributed by atoms with E-state index in [0.29, 0.717) is 0 Å². The lowest BCUT2D eigenvalue weighted by atomic mass is 10.0. The first-order valence-corrected chi connectivity index (χ1v) is 7.05. The van der Waals surface area contributed by atoms with Crippen LogP contribution in [0.5, 0.6) is 0 Å². The van der Waals surface area contributed by atoms with Crippen molar-refractivity contribution in [3.63, 3.8) is 0 Å². The molecule has 94 valence electrons. The van der Waals surface area contributed by atoms with Gasteiger partial charge in [0.15, 0.2) is 5.76 Å². The Kier molecular flexibility index (Phi) is 4.50. The standard InChI is InChI=1S/C12H18N2O2S/c13-14-12(15)11-7-6-9(16-11)8-17-10-4-2-1-3-5-10/h6-7,10H,1-5,8,13H2,(H,14,15). The molecule has 0 spiro atoms. The van der Waals surface area contributed by atoms with Crippen LogP contribution in [0.4, 0.5) is 0 Å². The second-order valence-corrected chi connectivity index (χ2v) is 5.60. The van der Waals surface area contributed by atoms with Gasteiger partial charge in [0.2, 0.25) is 0 Å². The van der Waals surface area contributed by atoms with Crippen LogP contribution in [0, 0.1) is 0 Å². The third-order valence-corrected chi connectivity index (χ3v) is 4.42. The van der Waals surface area contributed by atoms with Crippen LogP contribution in [-0.4, -0.2) is 11.2 Å². The third-order valence-electron chi connectivity index (χ3n) is 3.03. The predicted octanol–water partition coefficient (Wildman–Crippen LogP) is 2.45. The number of rotatable bonds is 4. The van der Waals surface area contributed by atoms with E-state index in [-0.39, 0.29) is 11.7 Å². The number of nitrogens with one attached hydrogen (secondary N) is 1. The predicted molar refractivity (Wildman–Crippen MR) is 68.5 cm³/mol. The van der Waals surface area contributed by atoms with Crippen molar-refractivity contribution in [2.24, 2.45) is 5.84 Å². The molecule has 1 aliphatic rings. The van der Waals surface area contributed by atoms with Gasteiger partial charge in [-0.15, -0.1) is 0 Å². The zero-order valence-corrected chi connectivity index (χ0v) is 10.6. The van der Waals surface area contributed by atoms with Gasteiger partial charge < -0.3 is 4.42 Å². The molecule has 1 aliphatic carbocycles. The summed E-state index contributed by atoms with van der Waals surface area (Å²) in [7, 11) is 0. The average molecular weight is 254 g/mol. The molecule has 0 saturated heterocycles. The second kappa shape index (κ2) is 6.12. The number of nitrogens with two attached hydrogens (primary N) is 1. The summed E-state index contributed by atoms with van der Waals surface area (Å²) >= 11 is 1.93. The first-order chi connectivity index (χ1) is 8.29.